The van der Waals surface area contributed by atoms with Gasteiger partial charge in [0.05, 0.1) is 26.9 Å². The first kappa shape index (κ1) is 56.4. The van der Waals surface area contributed by atoms with E-state index in [1.807, 2.05) is 0 Å². The molecule has 0 saturated carbocycles. The monoisotopic (exact) mass is 874 g/mol. The molecule has 4 aromatic carbocycles. The van der Waals surface area contributed by atoms with Crippen LogP contribution in [0.5, 0.6) is 0 Å². The molecule has 0 aromatic heterocycles. The minimum Gasteiger partial charge on any atom is -0.871 e. The fourth-order valence-electron chi connectivity index (χ4n) is 2.37. The fraction of sp³-hybridized carbons (Fsp3) is 0. The maximum atomic E-state index is 12.3. The summed E-state index contributed by atoms with van der Waals surface area (Å²) in [7, 11) is -2.67. The van der Waals surface area contributed by atoms with Crippen LogP contribution in [0.15, 0.2) is 19.6 Å². The van der Waals surface area contributed by atoms with Gasteiger partial charge < -0.3 is 15.1 Å². The molecule has 0 spiro atoms. The molecule has 288 valence electrons. The first-order valence-electron chi connectivity index (χ1n) is 11.4. The number of halogens is 20. The normalized spacial score (nSPS) is 9.83. The van der Waals surface area contributed by atoms with Crippen LogP contribution in [0.1, 0.15) is 0 Å². The van der Waals surface area contributed by atoms with Crippen LogP contribution in [0.2, 0.25) is 0 Å². The van der Waals surface area contributed by atoms with Crippen molar-refractivity contribution in [1.29, 1.82) is 0 Å². The summed E-state index contributed by atoms with van der Waals surface area (Å²) in [6.07, 6.45) is 0. The molecule has 0 aliphatic rings. The predicted molar refractivity (Wildman–Crippen MR) is 142 cm³/mol. The molecule has 0 atom stereocenters. The number of benzene rings is 4. The van der Waals surface area contributed by atoms with Gasteiger partial charge in [-0.25, -0.2) is 87.8 Å². The van der Waals surface area contributed by atoms with Crippen molar-refractivity contribution in [3.8, 4) is 0 Å². The first-order valence-corrected chi connectivity index (χ1v) is 13.2. The largest absolute Gasteiger partial charge is 1.00 e. The molecule has 30 heteroatoms. The summed E-state index contributed by atoms with van der Waals surface area (Å²) in [5, 5.41) is 24.0. The molecule has 0 heterocycles. The maximum Gasteiger partial charge on any atom is 1.00 e. The molecular weight excluding hydrogens is 869 g/mol. The van der Waals surface area contributed by atoms with Gasteiger partial charge in [-0.2, -0.15) is 0 Å². The Hall–Kier alpha value is -1.98. The van der Waals surface area contributed by atoms with E-state index < -0.39 is 143 Å². The zero-order valence-corrected chi connectivity index (χ0v) is 28.8. The Morgan fingerprint density at radius 1 is 0.259 bits per heavy atom. The molecule has 0 radical (unpaired) electrons. The molecule has 0 fully saturated rings. The standard InChI is InChI=1S/4C6HF5S.BHO3.2Li/c4*7-1-2(8)4(10)6(12)5(11)3(1)9;2-1(3)4;;/h4*12H;2H;;/q;;;;-2;2*+1. The van der Waals surface area contributed by atoms with Crippen molar-refractivity contribution in [1.82, 2.24) is 0 Å². The van der Waals surface area contributed by atoms with Crippen molar-refractivity contribution in [3.05, 3.63) is 116 Å². The van der Waals surface area contributed by atoms with Crippen molar-refractivity contribution in [2.24, 2.45) is 0 Å². The van der Waals surface area contributed by atoms with Crippen LogP contribution in [-0.4, -0.2) is 12.3 Å². The van der Waals surface area contributed by atoms with E-state index >= 15 is 0 Å². The van der Waals surface area contributed by atoms with Gasteiger partial charge in [0.15, 0.2) is 93.1 Å². The van der Waals surface area contributed by atoms with Crippen molar-refractivity contribution < 1.29 is 141 Å². The molecule has 1 N–H and O–H groups in total. The summed E-state index contributed by atoms with van der Waals surface area (Å²) in [5.41, 5.74) is 0. The van der Waals surface area contributed by atoms with E-state index in [-0.39, 0.29) is 37.7 Å². The van der Waals surface area contributed by atoms with E-state index in [0.717, 1.165) is 0 Å². The zero-order valence-electron chi connectivity index (χ0n) is 25.2. The third kappa shape index (κ3) is 13.6. The summed E-state index contributed by atoms with van der Waals surface area (Å²) < 4.78 is 245. The van der Waals surface area contributed by atoms with E-state index in [1.54, 1.807) is 0 Å². The predicted octanol–water partition coefficient (Wildman–Crippen LogP) is 1.38. The molecule has 0 amide bonds. The van der Waals surface area contributed by atoms with Crippen LogP contribution in [-0.2, 0) is 0 Å². The van der Waals surface area contributed by atoms with Gasteiger partial charge in [-0.3, -0.25) is 0 Å². The number of hydrogen-bond acceptors (Lipinski definition) is 7. The Bertz CT molecular complexity index is 1270. The van der Waals surface area contributed by atoms with E-state index in [1.165, 1.54) is 0 Å². The van der Waals surface area contributed by atoms with E-state index in [4.69, 9.17) is 15.1 Å². The Balaban J connectivity index is -0.000000613. The van der Waals surface area contributed by atoms with Crippen LogP contribution in [0, 0.1) is 116 Å². The van der Waals surface area contributed by atoms with E-state index in [2.05, 4.69) is 50.5 Å². The van der Waals surface area contributed by atoms with Crippen LogP contribution in [0.3, 0.4) is 0 Å². The summed E-state index contributed by atoms with van der Waals surface area (Å²) in [5.74, 6) is -40.0. The van der Waals surface area contributed by atoms with Gasteiger partial charge in [-0.1, -0.05) is 0 Å². The molecule has 0 saturated heterocycles. The van der Waals surface area contributed by atoms with Crippen molar-refractivity contribution >= 4 is 57.8 Å². The topological polar surface area (TPSA) is 66.3 Å². The maximum absolute atomic E-state index is 12.3. The van der Waals surface area contributed by atoms with Gasteiger partial charge in [0.25, 0.3) is 0 Å². The second kappa shape index (κ2) is 23.9. The number of rotatable bonds is 0. The van der Waals surface area contributed by atoms with E-state index in [9.17, 15) is 87.8 Å². The van der Waals surface area contributed by atoms with Crippen LogP contribution in [0.4, 0.5) is 87.8 Å². The summed E-state index contributed by atoms with van der Waals surface area (Å²) in [6, 6.07) is 0. The molecule has 4 aromatic rings. The van der Waals surface area contributed by atoms with Gasteiger partial charge in [-0.05, 0) is 0 Å². The molecule has 0 bridgehead atoms. The summed E-state index contributed by atoms with van der Waals surface area (Å²) >= 11 is 12.4. The molecule has 3 nitrogen and oxygen atoms in total. The average molecular weight is 874 g/mol. The summed E-state index contributed by atoms with van der Waals surface area (Å²) in [4.78, 5) is -4.70. The Kier molecular flexibility index (Phi) is 25.0. The zero-order chi connectivity index (χ0) is 41.4. The van der Waals surface area contributed by atoms with E-state index in [0.29, 0.717) is 0 Å². The molecule has 0 unspecified atom stereocenters. The second-order valence-corrected chi connectivity index (χ2v) is 9.77. The molecule has 54 heavy (non-hydrogen) atoms. The Labute approximate surface area is 332 Å². The number of hydrogen-bond donors (Lipinski definition) is 5. The Morgan fingerprint density at radius 2 is 0.315 bits per heavy atom. The molecular formula is C24H5BF20Li2O3S4. The quantitative estimate of drug-likeness (QED) is 0.0611. The molecule has 4 rings (SSSR count). The van der Waals surface area contributed by atoms with Crippen molar-refractivity contribution in [2.75, 3.05) is 0 Å². The van der Waals surface area contributed by atoms with Gasteiger partial charge in [0, 0.05) is 0 Å². The smallest absolute Gasteiger partial charge is 0.871 e. The fourth-order valence-corrected chi connectivity index (χ4v) is 3.16. The minimum absolute atomic E-state index is 0. The van der Waals surface area contributed by atoms with Gasteiger partial charge in [0.1, 0.15) is 0 Å². The third-order valence-electron chi connectivity index (χ3n) is 4.75. The van der Waals surface area contributed by atoms with Gasteiger partial charge >= 0.3 is 37.7 Å². The van der Waals surface area contributed by atoms with Gasteiger partial charge in [-0.15, -0.1) is 50.5 Å². The van der Waals surface area contributed by atoms with Crippen LogP contribution < -0.4 is 47.8 Å². The molecule has 0 aliphatic heterocycles. The second-order valence-electron chi connectivity index (χ2n) is 7.98. The SMILES string of the molecule is Fc1c(F)c(F)c(S)c(F)c1F.Fc1c(F)c(F)c(S)c(F)c1F.Fc1c(F)c(F)c(S)c(F)c1F.Fc1c(F)c(F)c(S)c(F)c1F.[Li+].[Li+].[O-]B([O-])O. The average Bonchev–Trinajstić information content (AvgIpc) is 3.11. The van der Waals surface area contributed by atoms with Crippen LogP contribution >= 0.6 is 50.5 Å². The number of thiol groups is 4. The Morgan fingerprint density at radius 3 is 0.389 bits per heavy atom. The third-order valence-corrected chi connectivity index (χ3v) is 6.32. The van der Waals surface area contributed by atoms with Crippen LogP contribution in [0.25, 0.3) is 0 Å². The first-order chi connectivity index (χ1) is 23.6. The van der Waals surface area contributed by atoms with Gasteiger partial charge in [0.2, 0.25) is 23.3 Å². The van der Waals surface area contributed by atoms with Crippen molar-refractivity contribution in [3.63, 3.8) is 0 Å². The minimum atomic E-state index is -2.67. The summed E-state index contributed by atoms with van der Waals surface area (Å²) in [6.45, 7) is 0. The molecule has 0 aliphatic carbocycles. The van der Waals surface area contributed by atoms with Crippen molar-refractivity contribution in [2.45, 2.75) is 19.6 Å².